The first-order valence-corrected chi connectivity index (χ1v) is 4.59. The van der Waals surface area contributed by atoms with Crippen LogP contribution < -0.4 is 5.32 Å². The fourth-order valence-electron chi connectivity index (χ4n) is 0.809. The Hall–Kier alpha value is -1.08. The summed E-state index contributed by atoms with van der Waals surface area (Å²) < 4.78 is 0. The first-order valence-electron chi connectivity index (χ1n) is 3.77. The van der Waals surface area contributed by atoms with E-state index in [2.05, 4.69) is 16.4 Å². The smallest absolute Gasteiger partial charge is 0.184 e. The fraction of sp³-hybridized carbons (Fsp3) is 0.500. The van der Waals surface area contributed by atoms with Crippen LogP contribution in [0.25, 0.3) is 0 Å². The van der Waals surface area contributed by atoms with Gasteiger partial charge in [-0.3, -0.25) is 0 Å². The number of rotatable bonds is 2. The summed E-state index contributed by atoms with van der Waals surface area (Å²) in [4.78, 5) is 4.90. The maximum absolute atomic E-state index is 8.66. The van der Waals surface area contributed by atoms with Crippen molar-refractivity contribution in [1.82, 2.24) is 4.98 Å². The van der Waals surface area contributed by atoms with Crippen molar-refractivity contribution in [2.45, 2.75) is 26.8 Å². The molecule has 0 atom stereocenters. The Labute approximate surface area is 76.1 Å². The molecule has 0 aliphatic heterocycles. The molecule has 0 radical (unpaired) electrons. The van der Waals surface area contributed by atoms with Crippen molar-refractivity contribution in [1.29, 1.82) is 5.26 Å². The van der Waals surface area contributed by atoms with Crippen molar-refractivity contribution in [2.75, 3.05) is 5.32 Å². The van der Waals surface area contributed by atoms with Gasteiger partial charge in [0.2, 0.25) is 0 Å². The maximum Gasteiger partial charge on any atom is 0.184 e. The highest BCUT2D eigenvalue weighted by Crippen LogP contribution is 2.21. The van der Waals surface area contributed by atoms with Gasteiger partial charge in [-0.15, -0.1) is 0 Å². The molecule has 1 rings (SSSR count). The highest BCUT2D eigenvalue weighted by molar-refractivity contribution is 7.16. The van der Waals surface area contributed by atoms with Crippen molar-refractivity contribution in [3.63, 3.8) is 0 Å². The molecule has 1 heterocycles. The SMILES string of the molecule is Cc1nc(NC(C)C)sc1C#N. The van der Waals surface area contributed by atoms with Gasteiger partial charge in [0.15, 0.2) is 5.13 Å². The molecule has 1 aromatic rings. The third-order valence-corrected chi connectivity index (χ3v) is 2.30. The van der Waals surface area contributed by atoms with Crippen molar-refractivity contribution in [3.05, 3.63) is 10.6 Å². The van der Waals surface area contributed by atoms with Crippen molar-refractivity contribution in [2.24, 2.45) is 0 Å². The topological polar surface area (TPSA) is 48.7 Å². The standard InChI is InChI=1S/C8H11N3S/c1-5(2)10-8-11-6(3)7(4-9)12-8/h5H,1-3H3,(H,10,11). The van der Waals surface area contributed by atoms with Crippen LogP contribution >= 0.6 is 11.3 Å². The highest BCUT2D eigenvalue weighted by Gasteiger charge is 2.06. The Balaban J connectivity index is 2.84. The summed E-state index contributed by atoms with van der Waals surface area (Å²) in [5, 5.41) is 12.6. The van der Waals surface area contributed by atoms with Crippen LogP contribution in [0.5, 0.6) is 0 Å². The number of aryl methyl sites for hydroxylation is 1. The number of nitriles is 1. The first kappa shape index (κ1) is 9.01. The van der Waals surface area contributed by atoms with E-state index in [1.165, 1.54) is 11.3 Å². The molecule has 0 amide bonds. The lowest BCUT2D eigenvalue weighted by Gasteiger charge is -2.03. The molecule has 64 valence electrons. The van der Waals surface area contributed by atoms with Crippen LogP contribution in [0.1, 0.15) is 24.4 Å². The molecule has 0 fully saturated rings. The Morgan fingerprint density at radius 1 is 1.58 bits per heavy atom. The van der Waals surface area contributed by atoms with Gasteiger partial charge in [0.25, 0.3) is 0 Å². The summed E-state index contributed by atoms with van der Waals surface area (Å²) in [5.74, 6) is 0. The lowest BCUT2D eigenvalue weighted by molar-refractivity contribution is 0.895. The summed E-state index contributed by atoms with van der Waals surface area (Å²) in [6, 6.07) is 2.47. The molecule has 0 spiro atoms. The van der Waals surface area contributed by atoms with Gasteiger partial charge in [0.05, 0.1) is 5.69 Å². The quantitative estimate of drug-likeness (QED) is 0.760. The molecule has 0 aliphatic carbocycles. The van der Waals surface area contributed by atoms with Crippen LogP contribution in [0.2, 0.25) is 0 Å². The van der Waals surface area contributed by atoms with E-state index in [4.69, 9.17) is 5.26 Å². The molecule has 0 unspecified atom stereocenters. The minimum absolute atomic E-state index is 0.363. The second kappa shape index (κ2) is 3.55. The van der Waals surface area contributed by atoms with Gasteiger partial charge < -0.3 is 5.32 Å². The van der Waals surface area contributed by atoms with Gasteiger partial charge in [-0.25, -0.2) is 4.98 Å². The zero-order chi connectivity index (χ0) is 9.14. The molecular formula is C8H11N3S. The average Bonchev–Trinajstić information content (AvgIpc) is 2.29. The van der Waals surface area contributed by atoms with Gasteiger partial charge in [-0.05, 0) is 20.8 Å². The summed E-state index contributed by atoms with van der Waals surface area (Å²) >= 11 is 1.40. The number of thiazole rings is 1. The molecule has 0 bridgehead atoms. The molecule has 1 aromatic heterocycles. The van der Waals surface area contributed by atoms with E-state index in [0.29, 0.717) is 10.9 Å². The molecule has 3 nitrogen and oxygen atoms in total. The zero-order valence-electron chi connectivity index (χ0n) is 7.38. The predicted molar refractivity (Wildman–Crippen MR) is 50.3 cm³/mol. The van der Waals surface area contributed by atoms with Crippen LogP contribution in [-0.2, 0) is 0 Å². The molecule has 1 N–H and O–H groups in total. The lowest BCUT2D eigenvalue weighted by Crippen LogP contribution is -2.08. The van der Waals surface area contributed by atoms with E-state index in [-0.39, 0.29) is 0 Å². The highest BCUT2D eigenvalue weighted by atomic mass is 32.1. The molecule has 0 saturated carbocycles. The van der Waals surface area contributed by atoms with Gasteiger partial charge in [-0.1, -0.05) is 11.3 Å². The molecule has 12 heavy (non-hydrogen) atoms. The van der Waals surface area contributed by atoms with E-state index in [1.54, 1.807) is 0 Å². The van der Waals surface area contributed by atoms with Crippen LogP contribution in [0.3, 0.4) is 0 Å². The third kappa shape index (κ3) is 1.95. The molecular weight excluding hydrogens is 170 g/mol. The molecule has 0 aliphatic rings. The summed E-state index contributed by atoms with van der Waals surface area (Å²) in [6.45, 7) is 5.94. The number of hydrogen-bond acceptors (Lipinski definition) is 4. The van der Waals surface area contributed by atoms with E-state index in [0.717, 1.165) is 10.8 Å². The number of aromatic nitrogens is 1. The van der Waals surface area contributed by atoms with E-state index in [9.17, 15) is 0 Å². The molecule has 4 heteroatoms. The maximum atomic E-state index is 8.66. The molecule has 0 saturated heterocycles. The van der Waals surface area contributed by atoms with Crippen molar-refractivity contribution >= 4 is 16.5 Å². The van der Waals surface area contributed by atoms with Crippen molar-refractivity contribution in [3.8, 4) is 6.07 Å². The van der Waals surface area contributed by atoms with Crippen molar-refractivity contribution < 1.29 is 0 Å². The molecule has 0 aromatic carbocycles. The fourth-order valence-corrected chi connectivity index (χ4v) is 1.72. The Bertz CT molecular complexity index is 309. The minimum atomic E-state index is 0.363. The van der Waals surface area contributed by atoms with Crippen LogP contribution in [-0.4, -0.2) is 11.0 Å². The van der Waals surface area contributed by atoms with Crippen LogP contribution in [0.15, 0.2) is 0 Å². The second-order valence-electron chi connectivity index (χ2n) is 2.84. The monoisotopic (exact) mass is 181 g/mol. The number of nitrogens with one attached hydrogen (secondary N) is 1. The zero-order valence-corrected chi connectivity index (χ0v) is 8.20. The van der Waals surface area contributed by atoms with E-state index in [1.807, 2.05) is 20.8 Å². The predicted octanol–water partition coefficient (Wildman–Crippen LogP) is 2.14. The lowest BCUT2D eigenvalue weighted by atomic mass is 10.4. The van der Waals surface area contributed by atoms with Gasteiger partial charge >= 0.3 is 0 Å². The normalized spacial score (nSPS) is 9.92. The summed E-state index contributed by atoms with van der Waals surface area (Å²) in [7, 11) is 0. The summed E-state index contributed by atoms with van der Waals surface area (Å²) in [6.07, 6.45) is 0. The average molecular weight is 181 g/mol. The Kier molecular flexibility index (Phi) is 2.66. The van der Waals surface area contributed by atoms with Gasteiger partial charge in [0, 0.05) is 6.04 Å². The van der Waals surface area contributed by atoms with Crippen LogP contribution in [0.4, 0.5) is 5.13 Å². The van der Waals surface area contributed by atoms with Crippen LogP contribution in [0, 0.1) is 18.3 Å². The number of anilines is 1. The third-order valence-electron chi connectivity index (χ3n) is 1.31. The second-order valence-corrected chi connectivity index (χ2v) is 3.84. The Morgan fingerprint density at radius 2 is 2.25 bits per heavy atom. The largest absolute Gasteiger partial charge is 0.359 e. The van der Waals surface area contributed by atoms with Gasteiger partial charge in [-0.2, -0.15) is 5.26 Å². The van der Waals surface area contributed by atoms with E-state index < -0.39 is 0 Å². The Morgan fingerprint density at radius 3 is 2.67 bits per heavy atom. The minimum Gasteiger partial charge on any atom is -0.359 e. The van der Waals surface area contributed by atoms with Gasteiger partial charge in [0.1, 0.15) is 10.9 Å². The van der Waals surface area contributed by atoms with E-state index >= 15 is 0 Å². The number of hydrogen-bond donors (Lipinski definition) is 1. The first-order chi connectivity index (χ1) is 5.63. The number of nitrogens with zero attached hydrogens (tertiary/aromatic N) is 2. The summed E-state index contributed by atoms with van der Waals surface area (Å²) in [5.41, 5.74) is 0.811.